The van der Waals surface area contributed by atoms with Gasteiger partial charge in [-0.25, -0.2) is 0 Å². The fourth-order valence-corrected chi connectivity index (χ4v) is 8.38. The van der Waals surface area contributed by atoms with Gasteiger partial charge < -0.3 is 14.2 Å². The summed E-state index contributed by atoms with van der Waals surface area (Å²) in [6, 6.07) is 0. The van der Waals surface area contributed by atoms with Crippen LogP contribution in [-0.2, 0) is 23.8 Å². The zero-order valence-electron chi connectivity index (χ0n) is 46.5. The lowest BCUT2D eigenvalue weighted by atomic mass is 10.0. The fraction of sp³-hybridized carbons (Fsp3) is 0.754. The normalized spacial score (nSPS) is 12.8. The molecule has 0 aromatic rings. The standard InChI is InChI=1S/C65H114O5/c1-4-7-10-13-16-19-22-25-28-31-33-35-37-40-43-46-49-52-55-58-64(66)69-61-63(68-60-57-54-51-48-45-42-39-30-27-24-21-18-15-12-9-6-3)62-70-65(67)59-56-53-50-47-44-41-38-36-34-32-29-26-23-20-17-14-11-8-5-2/h16-17,19-20,25-26,28-29,33,35,40,43,49,52,63H,4-15,18,21-24,27,30-32,34,36-39,41-42,44-48,50-51,53-62H2,1-3H3/b19-16-,20-17-,28-25-,29-26-,35-33-,43-40-,52-49-/t63-/m1/s1. The molecule has 0 aliphatic rings. The summed E-state index contributed by atoms with van der Waals surface area (Å²) in [5.41, 5.74) is 0. The van der Waals surface area contributed by atoms with Crippen molar-refractivity contribution in [2.45, 2.75) is 297 Å². The van der Waals surface area contributed by atoms with Crippen molar-refractivity contribution in [3.05, 3.63) is 85.1 Å². The molecule has 0 aliphatic carbocycles. The monoisotopic (exact) mass is 975 g/mol. The molecule has 0 unspecified atom stereocenters. The molecule has 5 nitrogen and oxygen atoms in total. The molecule has 1 atom stereocenters. The summed E-state index contributed by atoms with van der Waals surface area (Å²) in [4.78, 5) is 25.3. The Balaban J connectivity index is 4.36. The fourth-order valence-electron chi connectivity index (χ4n) is 8.38. The molecular weight excluding hydrogens is 861 g/mol. The Labute approximate surface area is 435 Å². The van der Waals surface area contributed by atoms with Crippen LogP contribution in [0.5, 0.6) is 0 Å². The number of hydrogen-bond acceptors (Lipinski definition) is 5. The second kappa shape index (κ2) is 60.4. The number of unbranched alkanes of at least 4 members (excludes halogenated alkanes) is 30. The summed E-state index contributed by atoms with van der Waals surface area (Å²) >= 11 is 0. The summed E-state index contributed by atoms with van der Waals surface area (Å²) in [5, 5.41) is 0. The molecule has 5 heteroatoms. The van der Waals surface area contributed by atoms with E-state index in [9.17, 15) is 9.59 Å². The van der Waals surface area contributed by atoms with E-state index in [0.29, 0.717) is 25.9 Å². The summed E-state index contributed by atoms with van der Waals surface area (Å²) in [5.74, 6) is -0.424. The van der Waals surface area contributed by atoms with E-state index < -0.39 is 6.10 Å². The lowest BCUT2D eigenvalue weighted by molar-refractivity contribution is -0.155. The highest BCUT2D eigenvalue weighted by Gasteiger charge is 2.16. The second-order valence-electron chi connectivity index (χ2n) is 19.9. The Kier molecular flexibility index (Phi) is 57.9. The topological polar surface area (TPSA) is 61.8 Å². The number of hydrogen-bond donors (Lipinski definition) is 0. The molecule has 70 heavy (non-hydrogen) atoms. The van der Waals surface area contributed by atoms with Gasteiger partial charge in [0.05, 0.1) is 0 Å². The first-order valence-electron chi connectivity index (χ1n) is 30.1. The molecular formula is C65H114O5. The van der Waals surface area contributed by atoms with E-state index in [4.69, 9.17) is 14.2 Å². The minimum Gasteiger partial charge on any atom is -0.463 e. The zero-order valence-corrected chi connectivity index (χ0v) is 46.5. The number of allylic oxidation sites excluding steroid dienone is 14. The molecule has 0 rings (SSSR count). The van der Waals surface area contributed by atoms with Crippen molar-refractivity contribution >= 4 is 11.9 Å². The first kappa shape index (κ1) is 67.1. The summed E-state index contributed by atoms with van der Waals surface area (Å²) in [6.07, 6.45) is 80.7. The minimum absolute atomic E-state index is 0.116. The molecule has 0 aliphatic heterocycles. The highest BCUT2D eigenvalue weighted by molar-refractivity contribution is 5.70. The molecule has 0 saturated carbocycles. The number of esters is 2. The van der Waals surface area contributed by atoms with Crippen molar-refractivity contribution in [3.8, 4) is 0 Å². The van der Waals surface area contributed by atoms with E-state index in [2.05, 4.69) is 106 Å². The molecule has 0 amide bonds. The maximum atomic E-state index is 12.7. The third-order valence-corrected chi connectivity index (χ3v) is 13.0. The molecule has 0 saturated heterocycles. The molecule has 0 fully saturated rings. The van der Waals surface area contributed by atoms with Crippen LogP contribution in [0.1, 0.15) is 290 Å². The smallest absolute Gasteiger partial charge is 0.306 e. The molecule has 0 N–H and O–H groups in total. The van der Waals surface area contributed by atoms with Gasteiger partial charge in [0.25, 0.3) is 0 Å². The lowest BCUT2D eigenvalue weighted by Gasteiger charge is -2.18. The summed E-state index contributed by atoms with van der Waals surface area (Å²) in [6.45, 7) is 7.62. The molecule has 404 valence electrons. The van der Waals surface area contributed by atoms with Gasteiger partial charge in [0.15, 0.2) is 0 Å². The van der Waals surface area contributed by atoms with Crippen LogP contribution in [0.4, 0.5) is 0 Å². The minimum atomic E-state index is -0.435. The van der Waals surface area contributed by atoms with Gasteiger partial charge >= 0.3 is 11.9 Å². The maximum absolute atomic E-state index is 12.7. The van der Waals surface area contributed by atoms with Crippen LogP contribution in [0.25, 0.3) is 0 Å². The van der Waals surface area contributed by atoms with Gasteiger partial charge in [-0.2, -0.15) is 0 Å². The van der Waals surface area contributed by atoms with Crippen LogP contribution >= 0.6 is 0 Å². The zero-order chi connectivity index (χ0) is 50.6. The first-order valence-corrected chi connectivity index (χ1v) is 30.1. The molecule has 0 radical (unpaired) electrons. The van der Waals surface area contributed by atoms with Crippen molar-refractivity contribution < 1.29 is 23.8 Å². The summed E-state index contributed by atoms with van der Waals surface area (Å²) in [7, 11) is 0. The van der Waals surface area contributed by atoms with Crippen molar-refractivity contribution in [2.24, 2.45) is 0 Å². The Bertz CT molecular complexity index is 1290. The van der Waals surface area contributed by atoms with E-state index in [1.165, 1.54) is 193 Å². The second-order valence-corrected chi connectivity index (χ2v) is 19.9. The van der Waals surface area contributed by atoms with Gasteiger partial charge in [-0.1, -0.05) is 273 Å². The first-order chi connectivity index (χ1) is 34.6. The van der Waals surface area contributed by atoms with E-state index in [0.717, 1.165) is 57.8 Å². The lowest BCUT2D eigenvalue weighted by Crippen LogP contribution is -2.29. The third-order valence-electron chi connectivity index (χ3n) is 13.0. The maximum Gasteiger partial charge on any atom is 0.306 e. The average molecular weight is 976 g/mol. The predicted octanol–water partition coefficient (Wildman–Crippen LogP) is 20.8. The molecule has 0 aromatic heterocycles. The Morgan fingerprint density at radius 2 is 0.571 bits per heavy atom. The van der Waals surface area contributed by atoms with Crippen molar-refractivity contribution in [1.29, 1.82) is 0 Å². The van der Waals surface area contributed by atoms with Gasteiger partial charge in [0.2, 0.25) is 0 Å². The van der Waals surface area contributed by atoms with E-state index in [-0.39, 0.29) is 25.2 Å². The van der Waals surface area contributed by atoms with Gasteiger partial charge in [-0.15, -0.1) is 0 Å². The molecule has 0 aromatic carbocycles. The van der Waals surface area contributed by atoms with Gasteiger partial charge in [-0.3, -0.25) is 9.59 Å². The number of carbonyl (C=O) groups excluding carboxylic acids is 2. The van der Waals surface area contributed by atoms with Gasteiger partial charge in [-0.05, 0) is 89.9 Å². The van der Waals surface area contributed by atoms with E-state index >= 15 is 0 Å². The van der Waals surface area contributed by atoms with Crippen LogP contribution in [-0.4, -0.2) is 37.9 Å². The van der Waals surface area contributed by atoms with E-state index in [1.807, 2.05) is 0 Å². The molecule has 0 spiro atoms. The third kappa shape index (κ3) is 57.7. The van der Waals surface area contributed by atoms with E-state index in [1.54, 1.807) is 0 Å². The highest BCUT2D eigenvalue weighted by Crippen LogP contribution is 2.16. The number of carbonyl (C=O) groups is 2. The quantitative estimate of drug-likeness (QED) is 0.0345. The van der Waals surface area contributed by atoms with Crippen molar-refractivity contribution in [1.82, 2.24) is 0 Å². The number of rotatable bonds is 55. The summed E-state index contributed by atoms with van der Waals surface area (Å²) < 4.78 is 17.5. The van der Waals surface area contributed by atoms with Gasteiger partial charge in [0.1, 0.15) is 19.3 Å². The SMILES string of the molecule is CCCCC/C=C\C/C=C\C/C=C\C/C=C\C/C=C\CCC(=O)OC[C@H](COC(=O)CCCCCCCCCCC/C=C\C/C=C\CCCCC)OCCCCCCCCCCCCCCCCCC. The Morgan fingerprint density at radius 1 is 0.300 bits per heavy atom. The highest BCUT2D eigenvalue weighted by atomic mass is 16.6. The molecule has 0 heterocycles. The van der Waals surface area contributed by atoms with Crippen molar-refractivity contribution in [2.75, 3.05) is 19.8 Å². The number of ether oxygens (including phenoxy) is 3. The van der Waals surface area contributed by atoms with Gasteiger partial charge in [0, 0.05) is 19.4 Å². The largest absolute Gasteiger partial charge is 0.463 e. The predicted molar refractivity (Wildman–Crippen MR) is 307 cm³/mol. The molecule has 0 bridgehead atoms. The van der Waals surface area contributed by atoms with Crippen molar-refractivity contribution in [3.63, 3.8) is 0 Å². The Hall–Kier alpha value is -2.92. The Morgan fingerprint density at radius 3 is 0.957 bits per heavy atom. The van der Waals surface area contributed by atoms with Crippen LogP contribution in [0, 0.1) is 0 Å². The van der Waals surface area contributed by atoms with Crippen LogP contribution in [0.2, 0.25) is 0 Å². The van der Waals surface area contributed by atoms with Crippen LogP contribution in [0.15, 0.2) is 85.1 Å². The average Bonchev–Trinajstić information content (AvgIpc) is 3.36. The van der Waals surface area contributed by atoms with Crippen LogP contribution in [0.3, 0.4) is 0 Å². The van der Waals surface area contributed by atoms with Crippen LogP contribution < -0.4 is 0 Å².